The first kappa shape index (κ1) is 17.7. The van der Waals surface area contributed by atoms with Gasteiger partial charge in [-0.2, -0.15) is 0 Å². The Morgan fingerprint density at radius 2 is 1.89 bits per heavy atom. The second-order valence-corrected chi connectivity index (χ2v) is 6.99. The van der Waals surface area contributed by atoms with Crippen LogP contribution in [0.2, 0.25) is 0 Å². The van der Waals surface area contributed by atoms with Gasteiger partial charge in [0.05, 0.1) is 18.8 Å². The molecular weight excluding hydrogens is 340 g/mol. The highest BCUT2D eigenvalue weighted by molar-refractivity contribution is 6.02. The van der Waals surface area contributed by atoms with E-state index in [1.807, 2.05) is 54.3 Å². The minimum atomic E-state index is -0.257. The lowest BCUT2D eigenvalue weighted by molar-refractivity contribution is 0.0663. The first-order valence-electron chi connectivity index (χ1n) is 9.81. The van der Waals surface area contributed by atoms with Gasteiger partial charge in [0.15, 0.2) is 11.5 Å². The number of carbonyl (C=O) groups is 1. The first-order chi connectivity index (χ1) is 13.2. The van der Waals surface area contributed by atoms with Gasteiger partial charge in [-0.3, -0.25) is 4.79 Å². The molecule has 0 spiro atoms. The Labute approximate surface area is 160 Å². The number of hydrogen-bond acceptors (Lipinski definition) is 4. The average Bonchev–Trinajstić information content (AvgIpc) is 3.52. The highest BCUT2D eigenvalue weighted by Crippen LogP contribution is 2.45. The zero-order chi connectivity index (χ0) is 18.8. The predicted molar refractivity (Wildman–Crippen MR) is 105 cm³/mol. The van der Waals surface area contributed by atoms with Gasteiger partial charge < -0.3 is 19.7 Å². The average molecular weight is 366 g/mol. The summed E-state index contributed by atoms with van der Waals surface area (Å²) in [4.78, 5) is 15.2. The summed E-state index contributed by atoms with van der Waals surface area (Å²) < 4.78 is 11.9. The van der Waals surface area contributed by atoms with E-state index in [0.29, 0.717) is 13.2 Å². The maximum absolute atomic E-state index is 13.2. The molecule has 0 unspecified atom stereocenters. The fourth-order valence-corrected chi connectivity index (χ4v) is 3.60. The summed E-state index contributed by atoms with van der Waals surface area (Å²) in [5, 5.41) is 3.57. The second kappa shape index (κ2) is 7.51. The zero-order valence-corrected chi connectivity index (χ0v) is 15.9. The van der Waals surface area contributed by atoms with Gasteiger partial charge in [0, 0.05) is 17.3 Å². The van der Waals surface area contributed by atoms with E-state index in [1.165, 1.54) is 0 Å². The summed E-state index contributed by atoms with van der Waals surface area (Å²) in [6, 6.07) is 13.9. The van der Waals surface area contributed by atoms with E-state index in [9.17, 15) is 4.79 Å². The first-order valence-corrected chi connectivity index (χ1v) is 9.81. The van der Waals surface area contributed by atoms with Crippen molar-refractivity contribution < 1.29 is 14.3 Å². The Morgan fingerprint density at radius 3 is 2.63 bits per heavy atom. The Hall–Kier alpha value is -2.69. The fraction of sp³-hybridized carbons (Fsp3) is 0.409. The third kappa shape index (κ3) is 3.34. The van der Waals surface area contributed by atoms with E-state index in [2.05, 4.69) is 12.2 Å². The number of rotatable bonds is 7. The van der Waals surface area contributed by atoms with Gasteiger partial charge in [0.1, 0.15) is 6.17 Å². The monoisotopic (exact) mass is 366 g/mol. The number of benzene rings is 2. The van der Waals surface area contributed by atoms with Gasteiger partial charge in [-0.1, -0.05) is 31.2 Å². The van der Waals surface area contributed by atoms with Crippen LogP contribution in [0.25, 0.3) is 0 Å². The van der Waals surface area contributed by atoms with Crippen LogP contribution in [0, 0.1) is 0 Å². The molecule has 0 saturated heterocycles. The minimum absolute atomic E-state index is 0.0834. The van der Waals surface area contributed by atoms with Crippen molar-refractivity contribution in [2.45, 2.75) is 45.3 Å². The van der Waals surface area contributed by atoms with Crippen LogP contribution in [0.4, 0.5) is 5.69 Å². The number of nitrogens with one attached hydrogen (secondary N) is 1. The van der Waals surface area contributed by atoms with Crippen LogP contribution < -0.4 is 14.8 Å². The topological polar surface area (TPSA) is 50.8 Å². The summed E-state index contributed by atoms with van der Waals surface area (Å²) in [6.45, 7) is 5.22. The molecule has 0 aromatic heterocycles. The van der Waals surface area contributed by atoms with Crippen molar-refractivity contribution >= 4 is 11.6 Å². The van der Waals surface area contributed by atoms with Crippen LogP contribution in [0.15, 0.2) is 42.5 Å². The van der Waals surface area contributed by atoms with E-state index >= 15 is 0 Å². The number of fused-ring (bicyclic) bond motifs is 1. The molecule has 5 heteroatoms. The molecule has 1 fully saturated rings. The quantitative estimate of drug-likeness (QED) is 0.778. The minimum Gasteiger partial charge on any atom is -0.490 e. The van der Waals surface area contributed by atoms with Crippen LogP contribution in [-0.4, -0.2) is 30.1 Å². The largest absolute Gasteiger partial charge is 0.490 e. The second-order valence-electron chi connectivity index (χ2n) is 6.99. The molecule has 5 nitrogen and oxygen atoms in total. The Bertz CT molecular complexity index is 832. The Morgan fingerprint density at radius 1 is 1.07 bits per heavy atom. The highest BCUT2D eigenvalue weighted by Gasteiger charge is 2.43. The third-order valence-corrected chi connectivity index (χ3v) is 4.96. The van der Waals surface area contributed by atoms with Gasteiger partial charge >= 0.3 is 0 Å². The standard InChI is InChI=1S/C22H26N2O3/c1-3-14-27-20-17(9-7-11-19(20)26-4-2)21-23-18-10-6-5-8-16(18)22(25)24(21)15-12-13-15/h5-11,15,21,23H,3-4,12-14H2,1-2H3/t21-/m1/s1. The summed E-state index contributed by atoms with van der Waals surface area (Å²) in [5.74, 6) is 1.55. The number of ether oxygens (including phenoxy) is 2. The van der Waals surface area contributed by atoms with Gasteiger partial charge in [-0.15, -0.1) is 0 Å². The molecule has 1 aliphatic heterocycles. The summed E-state index contributed by atoms with van der Waals surface area (Å²) in [5.41, 5.74) is 2.55. The van der Waals surface area contributed by atoms with Crippen LogP contribution in [-0.2, 0) is 0 Å². The zero-order valence-electron chi connectivity index (χ0n) is 15.9. The molecule has 0 radical (unpaired) electrons. The van der Waals surface area contributed by atoms with E-state index < -0.39 is 0 Å². The van der Waals surface area contributed by atoms with Crippen molar-refractivity contribution in [2.24, 2.45) is 0 Å². The molecule has 1 amide bonds. The highest BCUT2D eigenvalue weighted by atomic mass is 16.5. The maximum atomic E-state index is 13.2. The summed E-state index contributed by atoms with van der Waals surface area (Å²) in [7, 11) is 0. The van der Waals surface area contributed by atoms with Crippen molar-refractivity contribution in [3.63, 3.8) is 0 Å². The van der Waals surface area contributed by atoms with Crippen molar-refractivity contribution in [3.05, 3.63) is 53.6 Å². The number of amides is 1. The van der Waals surface area contributed by atoms with Crippen LogP contribution in [0.1, 0.15) is 55.2 Å². The number of anilines is 1. The summed E-state index contributed by atoms with van der Waals surface area (Å²) in [6.07, 6.45) is 2.74. The maximum Gasteiger partial charge on any atom is 0.258 e. The smallest absolute Gasteiger partial charge is 0.258 e. The summed E-state index contributed by atoms with van der Waals surface area (Å²) >= 11 is 0. The predicted octanol–water partition coefficient (Wildman–Crippen LogP) is 4.60. The van der Waals surface area contributed by atoms with Crippen LogP contribution >= 0.6 is 0 Å². The lowest BCUT2D eigenvalue weighted by atomic mass is 10.0. The molecule has 142 valence electrons. The van der Waals surface area contributed by atoms with E-state index in [-0.39, 0.29) is 18.1 Å². The van der Waals surface area contributed by atoms with Gasteiger partial charge in [-0.25, -0.2) is 0 Å². The molecule has 4 rings (SSSR count). The molecule has 27 heavy (non-hydrogen) atoms. The molecule has 2 aromatic rings. The van der Waals surface area contributed by atoms with E-state index in [0.717, 1.165) is 47.6 Å². The SMILES string of the molecule is CCCOc1c(OCC)cccc1[C@@H]1Nc2ccccc2C(=O)N1C1CC1. The fourth-order valence-electron chi connectivity index (χ4n) is 3.60. The van der Waals surface area contributed by atoms with Gasteiger partial charge in [0.25, 0.3) is 5.91 Å². The lowest BCUT2D eigenvalue weighted by Crippen LogP contribution is -2.44. The van der Waals surface area contributed by atoms with Gasteiger partial charge in [-0.05, 0) is 44.4 Å². The van der Waals surface area contributed by atoms with Crippen LogP contribution in [0.5, 0.6) is 11.5 Å². The lowest BCUT2D eigenvalue weighted by Gasteiger charge is -2.39. The Kier molecular flexibility index (Phi) is 4.92. The number of hydrogen-bond donors (Lipinski definition) is 1. The molecule has 2 aromatic carbocycles. The molecular formula is C22H26N2O3. The number of nitrogens with zero attached hydrogens (tertiary/aromatic N) is 1. The van der Waals surface area contributed by atoms with E-state index in [4.69, 9.17) is 9.47 Å². The molecule has 1 aliphatic carbocycles. The molecule has 0 bridgehead atoms. The number of para-hydroxylation sites is 2. The molecule has 1 N–H and O–H groups in total. The van der Waals surface area contributed by atoms with E-state index in [1.54, 1.807) is 0 Å². The Balaban J connectivity index is 1.79. The molecule has 1 saturated carbocycles. The van der Waals surface area contributed by atoms with Crippen molar-refractivity contribution in [2.75, 3.05) is 18.5 Å². The third-order valence-electron chi connectivity index (χ3n) is 4.96. The number of carbonyl (C=O) groups excluding carboxylic acids is 1. The van der Waals surface area contributed by atoms with Crippen molar-refractivity contribution in [1.29, 1.82) is 0 Å². The molecule has 1 heterocycles. The normalized spacial score (nSPS) is 18.7. The molecule has 1 atom stereocenters. The molecule has 2 aliphatic rings. The van der Waals surface area contributed by atoms with Crippen molar-refractivity contribution in [1.82, 2.24) is 4.90 Å². The van der Waals surface area contributed by atoms with Crippen molar-refractivity contribution in [3.8, 4) is 11.5 Å². The van der Waals surface area contributed by atoms with Crippen LogP contribution in [0.3, 0.4) is 0 Å². The van der Waals surface area contributed by atoms with Gasteiger partial charge in [0.2, 0.25) is 0 Å².